The molecule has 3 nitrogen and oxygen atoms in total. The predicted octanol–water partition coefficient (Wildman–Crippen LogP) is 1.70. The molecule has 0 aromatic heterocycles. The van der Waals surface area contributed by atoms with Crippen LogP contribution in [0.1, 0.15) is 13.8 Å². The Morgan fingerprint density at radius 2 is 2.07 bits per heavy atom. The van der Waals surface area contributed by atoms with Gasteiger partial charge >= 0.3 is 6.18 Å². The van der Waals surface area contributed by atoms with Crippen LogP contribution in [0.4, 0.5) is 13.2 Å². The molecule has 2 unspecified atom stereocenters. The zero-order chi connectivity index (χ0) is 11.9. The van der Waals surface area contributed by atoms with Gasteiger partial charge in [0.1, 0.15) is 0 Å². The van der Waals surface area contributed by atoms with Crippen molar-refractivity contribution in [2.45, 2.75) is 26.1 Å². The third-order valence-electron chi connectivity index (χ3n) is 1.79. The SMILES string of the molecule is CCOCC(C)NCC(C#N)C(F)(F)F. The monoisotopic (exact) mass is 224 g/mol. The maximum atomic E-state index is 12.1. The van der Waals surface area contributed by atoms with E-state index in [1.165, 1.54) is 6.07 Å². The van der Waals surface area contributed by atoms with E-state index in [-0.39, 0.29) is 6.04 Å². The molecule has 0 heterocycles. The van der Waals surface area contributed by atoms with Gasteiger partial charge in [0.15, 0.2) is 5.92 Å². The Morgan fingerprint density at radius 1 is 1.47 bits per heavy atom. The highest BCUT2D eigenvalue weighted by Gasteiger charge is 2.39. The summed E-state index contributed by atoms with van der Waals surface area (Å²) >= 11 is 0. The van der Waals surface area contributed by atoms with Crippen molar-refractivity contribution >= 4 is 0 Å². The Kier molecular flexibility index (Phi) is 6.29. The second-order valence-electron chi connectivity index (χ2n) is 3.19. The molecule has 88 valence electrons. The molecule has 0 aliphatic heterocycles. The van der Waals surface area contributed by atoms with Crippen LogP contribution >= 0.6 is 0 Å². The van der Waals surface area contributed by atoms with E-state index in [0.717, 1.165) is 0 Å². The van der Waals surface area contributed by atoms with Gasteiger partial charge in [-0.3, -0.25) is 0 Å². The molecule has 15 heavy (non-hydrogen) atoms. The molecule has 0 amide bonds. The van der Waals surface area contributed by atoms with Crippen molar-refractivity contribution in [3.8, 4) is 6.07 Å². The molecule has 0 bridgehead atoms. The second kappa shape index (κ2) is 6.64. The lowest BCUT2D eigenvalue weighted by Crippen LogP contribution is -2.38. The molecular weight excluding hydrogens is 209 g/mol. The van der Waals surface area contributed by atoms with Crippen LogP contribution in [-0.4, -0.2) is 32.0 Å². The third-order valence-corrected chi connectivity index (χ3v) is 1.79. The highest BCUT2D eigenvalue weighted by atomic mass is 19.4. The van der Waals surface area contributed by atoms with E-state index in [0.29, 0.717) is 13.2 Å². The Labute approximate surface area is 87.2 Å². The van der Waals surface area contributed by atoms with Crippen LogP contribution in [-0.2, 0) is 4.74 Å². The first kappa shape index (κ1) is 14.2. The van der Waals surface area contributed by atoms with Gasteiger partial charge in [0.2, 0.25) is 0 Å². The fourth-order valence-corrected chi connectivity index (χ4v) is 0.907. The van der Waals surface area contributed by atoms with Crippen LogP contribution in [0.3, 0.4) is 0 Å². The number of hydrogen-bond donors (Lipinski definition) is 1. The Balaban J connectivity index is 3.87. The molecule has 6 heteroatoms. The van der Waals surface area contributed by atoms with Gasteiger partial charge in [0.25, 0.3) is 0 Å². The first-order chi connectivity index (χ1) is 6.91. The summed E-state index contributed by atoms with van der Waals surface area (Å²) in [6.45, 7) is 3.98. The number of nitriles is 1. The first-order valence-electron chi connectivity index (χ1n) is 4.69. The van der Waals surface area contributed by atoms with Crippen LogP contribution in [0, 0.1) is 17.2 Å². The van der Waals surface area contributed by atoms with Crippen molar-refractivity contribution in [2.24, 2.45) is 5.92 Å². The summed E-state index contributed by atoms with van der Waals surface area (Å²) in [7, 11) is 0. The maximum Gasteiger partial charge on any atom is 0.405 e. The van der Waals surface area contributed by atoms with Gasteiger partial charge in [-0.25, -0.2) is 0 Å². The van der Waals surface area contributed by atoms with Crippen molar-refractivity contribution in [2.75, 3.05) is 19.8 Å². The predicted molar refractivity (Wildman–Crippen MR) is 49.1 cm³/mol. The van der Waals surface area contributed by atoms with Gasteiger partial charge in [-0.1, -0.05) is 0 Å². The lowest BCUT2D eigenvalue weighted by atomic mass is 10.1. The van der Waals surface area contributed by atoms with Crippen molar-refractivity contribution < 1.29 is 17.9 Å². The quantitative estimate of drug-likeness (QED) is 0.747. The van der Waals surface area contributed by atoms with E-state index in [1.54, 1.807) is 13.8 Å². The summed E-state index contributed by atoms with van der Waals surface area (Å²) in [6.07, 6.45) is -4.47. The van der Waals surface area contributed by atoms with Crippen LogP contribution in [0.5, 0.6) is 0 Å². The molecule has 0 aliphatic rings. The maximum absolute atomic E-state index is 12.1. The lowest BCUT2D eigenvalue weighted by Gasteiger charge is -2.17. The summed E-state index contributed by atoms with van der Waals surface area (Å²) in [5.41, 5.74) is 0. The van der Waals surface area contributed by atoms with E-state index < -0.39 is 18.6 Å². The summed E-state index contributed by atoms with van der Waals surface area (Å²) in [5.74, 6) is -1.96. The Bertz CT molecular complexity index is 212. The van der Waals surface area contributed by atoms with Gasteiger partial charge in [-0.2, -0.15) is 18.4 Å². The van der Waals surface area contributed by atoms with Crippen molar-refractivity contribution in [1.29, 1.82) is 5.26 Å². The number of nitrogens with one attached hydrogen (secondary N) is 1. The summed E-state index contributed by atoms with van der Waals surface area (Å²) < 4.78 is 41.4. The third kappa shape index (κ3) is 6.31. The number of rotatable bonds is 6. The van der Waals surface area contributed by atoms with E-state index in [9.17, 15) is 13.2 Å². The fraction of sp³-hybridized carbons (Fsp3) is 0.889. The molecule has 1 N–H and O–H groups in total. The lowest BCUT2D eigenvalue weighted by molar-refractivity contribution is -0.158. The van der Waals surface area contributed by atoms with Crippen LogP contribution in [0.15, 0.2) is 0 Å². The molecule has 0 aromatic carbocycles. The zero-order valence-electron chi connectivity index (χ0n) is 8.77. The number of nitrogens with zero attached hydrogens (tertiary/aromatic N) is 1. The summed E-state index contributed by atoms with van der Waals surface area (Å²) in [6, 6.07) is 1.03. The summed E-state index contributed by atoms with van der Waals surface area (Å²) in [4.78, 5) is 0. The van der Waals surface area contributed by atoms with Gasteiger partial charge in [0.05, 0.1) is 12.7 Å². The first-order valence-corrected chi connectivity index (χ1v) is 4.69. The molecule has 0 aliphatic carbocycles. The standard InChI is InChI=1S/C9H15F3N2O/c1-3-15-6-7(2)14-5-8(4-13)9(10,11)12/h7-8,14H,3,5-6H2,1-2H3. The smallest absolute Gasteiger partial charge is 0.380 e. The normalized spacial score (nSPS) is 15.7. The van der Waals surface area contributed by atoms with E-state index in [4.69, 9.17) is 10.00 Å². The molecule has 2 atom stereocenters. The van der Waals surface area contributed by atoms with Gasteiger partial charge in [-0.15, -0.1) is 0 Å². The average molecular weight is 224 g/mol. The van der Waals surface area contributed by atoms with E-state index >= 15 is 0 Å². The molecule has 0 saturated heterocycles. The van der Waals surface area contributed by atoms with Crippen molar-refractivity contribution in [3.63, 3.8) is 0 Å². The van der Waals surface area contributed by atoms with Crippen LogP contribution in [0.2, 0.25) is 0 Å². The van der Waals surface area contributed by atoms with E-state index in [1.807, 2.05) is 0 Å². The Hall–Kier alpha value is -0.800. The minimum Gasteiger partial charge on any atom is -0.380 e. The second-order valence-corrected chi connectivity index (χ2v) is 3.19. The molecule has 0 saturated carbocycles. The van der Waals surface area contributed by atoms with E-state index in [2.05, 4.69) is 5.32 Å². The molecule has 0 fully saturated rings. The molecule has 0 radical (unpaired) electrons. The Morgan fingerprint density at radius 3 is 2.47 bits per heavy atom. The minimum absolute atomic E-state index is 0.192. The average Bonchev–Trinajstić information content (AvgIpc) is 2.13. The van der Waals surface area contributed by atoms with Crippen LogP contribution < -0.4 is 5.32 Å². The molecule has 0 rings (SSSR count). The number of alkyl halides is 3. The van der Waals surface area contributed by atoms with Gasteiger partial charge in [-0.05, 0) is 13.8 Å². The fourth-order valence-electron chi connectivity index (χ4n) is 0.907. The number of ether oxygens (including phenoxy) is 1. The minimum atomic E-state index is -4.47. The molecular formula is C9H15F3N2O. The highest BCUT2D eigenvalue weighted by molar-refractivity contribution is 4.90. The topological polar surface area (TPSA) is 45.0 Å². The summed E-state index contributed by atoms with van der Waals surface area (Å²) in [5, 5.41) is 10.9. The molecule has 0 aromatic rings. The number of hydrogen-bond acceptors (Lipinski definition) is 3. The van der Waals surface area contributed by atoms with Gasteiger partial charge < -0.3 is 10.1 Å². The van der Waals surface area contributed by atoms with Crippen molar-refractivity contribution in [1.82, 2.24) is 5.32 Å². The molecule has 0 spiro atoms. The highest BCUT2D eigenvalue weighted by Crippen LogP contribution is 2.24. The van der Waals surface area contributed by atoms with Gasteiger partial charge in [0, 0.05) is 19.2 Å². The van der Waals surface area contributed by atoms with Crippen LogP contribution in [0.25, 0.3) is 0 Å². The van der Waals surface area contributed by atoms with Crippen molar-refractivity contribution in [3.05, 3.63) is 0 Å². The zero-order valence-corrected chi connectivity index (χ0v) is 8.77. The number of halogens is 3. The largest absolute Gasteiger partial charge is 0.405 e.